The Balaban J connectivity index is 1.66. The first-order valence-electron chi connectivity index (χ1n) is 7.39. The molecule has 1 unspecified atom stereocenters. The van der Waals surface area contributed by atoms with Gasteiger partial charge in [0.15, 0.2) is 5.96 Å². The van der Waals surface area contributed by atoms with E-state index in [1.54, 1.807) is 7.05 Å². The normalized spacial score (nSPS) is 19.1. The van der Waals surface area contributed by atoms with Gasteiger partial charge in [-0.2, -0.15) is 0 Å². The van der Waals surface area contributed by atoms with E-state index in [0.717, 1.165) is 38.5 Å². The number of aliphatic imine (C=N–C) groups is 1. The fourth-order valence-corrected chi connectivity index (χ4v) is 2.32. The van der Waals surface area contributed by atoms with E-state index >= 15 is 0 Å². The second-order valence-corrected chi connectivity index (χ2v) is 5.25. The molecular formula is C16H25N3O. The summed E-state index contributed by atoms with van der Waals surface area (Å²) in [6, 6.07) is 8.67. The van der Waals surface area contributed by atoms with Crippen molar-refractivity contribution in [3.8, 4) is 0 Å². The molecule has 0 radical (unpaired) electrons. The van der Waals surface area contributed by atoms with E-state index in [2.05, 4.69) is 46.8 Å². The van der Waals surface area contributed by atoms with Crippen LogP contribution in [0.5, 0.6) is 0 Å². The van der Waals surface area contributed by atoms with E-state index in [4.69, 9.17) is 4.74 Å². The van der Waals surface area contributed by atoms with E-state index in [0.29, 0.717) is 6.10 Å². The SMILES string of the molecule is CN=C(NCCc1ccc(C)cc1)NCC1CCCO1. The number of nitrogens with one attached hydrogen (secondary N) is 2. The Morgan fingerprint density at radius 2 is 2.10 bits per heavy atom. The molecular weight excluding hydrogens is 250 g/mol. The van der Waals surface area contributed by atoms with Crippen molar-refractivity contribution < 1.29 is 4.74 Å². The third-order valence-corrected chi connectivity index (χ3v) is 3.57. The number of hydrogen-bond donors (Lipinski definition) is 2. The second-order valence-electron chi connectivity index (χ2n) is 5.25. The van der Waals surface area contributed by atoms with Crippen molar-refractivity contribution in [3.05, 3.63) is 35.4 Å². The lowest BCUT2D eigenvalue weighted by Gasteiger charge is -2.15. The molecule has 1 atom stereocenters. The molecule has 0 amide bonds. The van der Waals surface area contributed by atoms with Crippen LogP contribution in [-0.2, 0) is 11.2 Å². The van der Waals surface area contributed by atoms with Crippen LogP contribution in [0.4, 0.5) is 0 Å². The highest BCUT2D eigenvalue weighted by Gasteiger charge is 2.15. The van der Waals surface area contributed by atoms with E-state index in [1.807, 2.05) is 0 Å². The maximum Gasteiger partial charge on any atom is 0.191 e. The fourth-order valence-electron chi connectivity index (χ4n) is 2.32. The van der Waals surface area contributed by atoms with Crippen LogP contribution >= 0.6 is 0 Å². The Kier molecular flexibility index (Phi) is 5.87. The van der Waals surface area contributed by atoms with Gasteiger partial charge in [-0.3, -0.25) is 4.99 Å². The monoisotopic (exact) mass is 275 g/mol. The van der Waals surface area contributed by atoms with Crippen molar-refractivity contribution in [2.75, 3.05) is 26.7 Å². The molecule has 1 aromatic rings. The molecule has 2 rings (SSSR count). The molecule has 2 N–H and O–H groups in total. The average Bonchev–Trinajstić information content (AvgIpc) is 2.98. The number of aryl methyl sites for hydroxylation is 1. The Morgan fingerprint density at radius 1 is 1.30 bits per heavy atom. The second kappa shape index (κ2) is 7.90. The molecule has 1 saturated heterocycles. The van der Waals surface area contributed by atoms with Crippen LogP contribution in [0.3, 0.4) is 0 Å². The van der Waals surface area contributed by atoms with Gasteiger partial charge >= 0.3 is 0 Å². The average molecular weight is 275 g/mol. The van der Waals surface area contributed by atoms with Crippen LogP contribution in [0.25, 0.3) is 0 Å². The first-order valence-corrected chi connectivity index (χ1v) is 7.39. The third-order valence-electron chi connectivity index (χ3n) is 3.57. The van der Waals surface area contributed by atoms with Gasteiger partial charge in [0.1, 0.15) is 0 Å². The molecule has 1 aliphatic rings. The minimum atomic E-state index is 0.339. The standard InChI is InChI=1S/C16H25N3O/c1-13-5-7-14(8-6-13)9-10-18-16(17-2)19-12-15-4-3-11-20-15/h5-8,15H,3-4,9-12H2,1-2H3,(H2,17,18,19). The molecule has 0 saturated carbocycles. The van der Waals surface area contributed by atoms with Crippen molar-refractivity contribution >= 4 is 5.96 Å². The van der Waals surface area contributed by atoms with Gasteiger partial charge in [0, 0.05) is 26.7 Å². The van der Waals surface area contributed by atoms with Gasteiger partial charge in [0.25, 0.3) is 0 Å². The predicted molar refractivity (Wildman–Crippen MR) is 83.2 cm³/mol. The number of hydrogen-bond acceptors (Lipinski definition) is 2. The molecule has 4 heteroatoms. The minimum Gasteiger partial charge on any atom is -0.376 e. The van der Waals surface area contributed by atoms with E-state index in [1.165, 1.54) is 17.5 Å². The highest BCUT2D eigenvalue weighted by atomic mass is 16.5. The first-order chi connectivity index (χ1) is 9.78. The number of nitrogens with zero attached hydrogens (tertiary/aromatic N) is 1. The van der Waals surface area contributed by atoms with E-state index in [9.17, 15) is 0 Å². The van der Waals surface area contributed by atoms with Gasteiger partial charge < -0.3 is 15.4 Å². The lowest BCUT2D eigenvalue weighted by Crippen LogP contribution is -2.41. The zero-order chi connectivity index (χ0) is 14.2. The molecule has 0 bridgehead atoms. The van der Waals surface area contributed by atoms with E-state index in [-0.39, 0.29) is 0 Å². The predicted octanol–water partition coefficient (Wildman–Crippen LogP) is 1.88. The van der Waals surface area contributed by atoms with Gasteiger partial charge in [-0.15, -0.1) is 0 Å². The lowest BCUT2D eigenvalue weighted by molar-refractivity contribution is 0.114. The summed E-state index contributed by atoms with van der Waals surface area (Å²) in [6.07, 6.45) is 3.66. The summed E-state index contributed by atoms with van der Waals surface area (Å²) in [7, 11) is 1.80. The highest BCUT2D eigenvalue weighted by Crippen LogP contribution is 2.10. The van der Waals surface area contributed by atoms with Crippen molar-refractivity contribution in [1.29, 1.82) is 0 Å². The topological polar surface area (TPSA) is 45.7 Å². The molecule has 110 valence electrons. The lowest BCUT2D eigenvalue weighted by atomic mass is 10.1. The molecule has 20 heavy (non-hydrogen) atoms. The summed E-state index contributed by atoms with van der Waals surface area (Å²) in [5.74, 6) is 0.854. The quantitative estimate of drug-likeness (QED) is 0.637. The molecule has 0 aromatic heterocycles. The van der Waals surface area contributed by atoms with E-state index < -0.39 is 0 Å². The maximum atomic E-state index is 5.59. The molecule has 1 fully saturated rings. The van der Waals surface area contributed by atoms with Crippen LogP contribution in [0.1, 0.15) is 24.0 Å². The van der Waals surface area contributed by atoms with Crippen molar-refractivity contribution in [3.63, 3.8) is 0 Å². The fraction of sp³-hybridized carbons (Fsp3) is 0.562. The highest BCUT2D eigenvalue weighted by molar-refractivity contribution is 5.79. The van der Waals surface area contributed by atoms with Crippen LogP contribution in [-0.4, -0.2) is 38.8 Å². The van der Waals surface area contributed by atoms with Crippen LogP contribution in [0, 0.1) is 6.92 Å². The minimum absolute atomic E-state index is 0.339. The number of ether oxygens (including phenoxy) is 1. The summed E-state index contributed by atoms with van der Waals surface area (Å²) in [4.78, 5) is 4.23. The summed E-state index contributed by atoms with van der Waals surface area (Å²) in [5, 5.41) is 6.66. The van der Waals surface area contributed by atoms with Crippen molar-refractivity contribution in [1.82, 2.24) is 10.6 Å². The third kappa shape index (κ3) is 4.85. The van der Waals surface area contributed by atoms with Crippen LogP contribution in [0.2, 0.25) is 0 Å². The van der Waals surface area contributed by atoms with Gasteiger partial charge in [-0.05, 0) is 31.7 Å². The van der Waals surface area contributed by atoms with Crippen LogP contribution < -0.4 is 10.6 Å². The summed E-state index contributed by atoms with van der Waals surface area (Å²) >= 11 is 0. The van der Waals surface area contributed by atoms with Crippen molar-refractivity contribution in [2.45, 2.75) is 32.3 Å². The van der Waals surface area contributed by atoms with Gasteiger partial charge in [0.2, 0.25) is 0 Å². The Hall–Kier alpha value is -1.55. The summed E-state index contributed by atoms with van der Waals surface area (Å²) in [6.45, 7) is 4.73. The molecule has 0 aliphatic carbocycles. The molecule has 1 aromatic carbocycles. The molecule has 1 aliphatic heterocycles. The molecule has 4 nitrogen and oxygen atoms in total. The number of guanidine groups is 1. The maximum absolute atomic E-state index is 5.59. The zero-order valence-electron chi connectivity index (χ0n) is 12.5. The zero-order valence-corrected chi connectivity index (χ0v) is 12.5. The Labute approximate surface area is 121 Å². The van der Waals surface area contributed by atoms with Gasteiger partial charge in [0.05, 0.1) is 6.10 Å². The molecule has 0 spiro atoms. The first kappa shape index (κ1) is 14.9. The summed E-state index contributed by atoms with van der Waals surface area (Å²) in [5.41, 5.74) is 2.65. The largest absolute Gasteiger partial charge is 0.376 e. The molecule has 1 heterocycles. The summed E-state index contributed by atoms with van der Waals surface area (Å²) < 4.78 is 5.59. The van der Waals surface area contributed by atoms with Crippen LogP contribution in [0.15, 0.2) is 29.3 Å². The smallest absolute Gasteiger partial charge is 0.191 e. The Bertz CT molecular complexity index is 422. The number of benzene rings is 1. The van der Waals surface area contributed by atoms with Gasteiger partial charge in [-0.25, -0.2) is 0 Å². The Morgan fingerprint density at radius 3 is 2.75 bits per heavy atom. The number of rotatable bonds is 5. The van der Waals surface area contributed by atoms with Crippen molar-refractivity contribution in [2.24, 2.45) is 4.99 Å². The van der Waals surface area contributed by atoms with Gasteiger partial charge in [-0.1, -0.05) is 29.8 Å².